The summed E-state index contributed by atoms with van der Waals surface area (Å²) < 4.78 is 0. The molecule has 1 aliphatic heterocycles. The van der Waals surface area contributed by atoms with Crippen molar-refractivity contribution in [1.29, 1.82) is 0 Å². The summed E-state index contributed by atoms with van der Waals surface area (Å²) in [5, 5.41) is 3.98. The Morgan fingerprint density at radius 2 is 2.24 bits per heavy atom. The molecule has 0 aliphatic carbocycles. The zero-order valence-electron chi connectivity index (χ0n) is 13.3. The lowest BCUT2D eigenvalue weighted by Gasteiger charge is -2.27. The van der Waals surface area contributed by atoms with Gasteiger partial charge in [0.2, 0.25) is 0 Å². The number of nitrogen functional groups attached to an aromatic ring is 1. The minimum absolute atomic E-state index is 0.0412. The Hall–Kier alpha value is -1.30. The molecule has 21 heavy (non-hydrogen) atoms. The van der Waals surface area contributed by atoms with E-state index in [1.54, 1.807) is 0 Å². The SMILES string of the molecule is CCC1CCC(C)N1C(=O)c1sc(NCC(C)C)nc1N. The summed E-state index contributed by atoms with van der Waals surface area (Å²) in [6, 6.07) is 0.622. The van der Waals surface area contributed by atoms with E-state index in [1.165, 1.54) is 11.3 Å². The van der Waals surface area contributed by atoms with E-state index < -0.39 is 0 Å². The molecule has 118 valence electrons. The molecule has 3 N–H and O–H groups in total. The third kappa shape index (κ3) is 3.48. The zero-order valence-corrected chi connectivity index (χ0v) is 14.2. The van der Waals surface area contributed by atoms with Gasteiger partial charge in [-0.3, -0.25) is 4.79 Å². The first-order chi connectivity index (χ1) is 9.93. The first-order valence-electron chi connectivity index (χ1n) is 7.76. The smallest absolute Gasteiger partial charge is 0.268 e. The molecule has 1 aliphatic rings. The maximum Gasteiger partial charge on any atom is 0.268 e. The second-order valence-electron chi connectivity index (χ2n) is 6.21. The third-order valence-corrected chi connectivity index (χ3v) is 5.02. The summed E-state index contributed by atoms with van der Waals surface area (Å²) in [7, 11) is 0. The highest BCUT2D eigenvalue weighted by Gasteiger charge is 2.35. The van der Waals surface area contributed by atoms with Gasteiger partial charge in [-0.05, 0) is 32.1 Å². The van der Waals surface area contributed by atoms with Crippen LogP contribution >= 0.6 is 11.3 Å². The second-order valence-corrected chi connectivity index (χ2v) is 7.21. The average Bonchev–Trinajstić information content (AvgIpc) is 2.98. The van der Waals surface area contributed by atoms with Crippen LogP contribution in [0.3, 0.4) is 0 Å². The number of nitrogens with one attached hydrogen (secondary N) is 1. The van der Waals surface area contributed by atoms with Crippen LogP contribution in [0.25, 0.3) is 0 Å². The quantitative estimate of drug-likeness (QED) is 0.876. The second kappa shape index (κ2) is 6.64. The van der Waals surface area contributed by atoms with Gasteiger partial charge in [0.25, 0.3) is 5.91 Å². The maximum atomic E-state index is 12.8. The maximum absolute atomic E-state index is 12.8. The molecule has 0 saturated carbocycles. The first-order valence-corrected chi connectivity index (χ1v) is 8.58. The monoisotopic (exact) mass is 310 g/mol. The molecule has 0 spiro atoms. The van der Waals surface area contributed by atoms with Crippen LogP contribution in [0.15, 0.2) is 0 Å². The van der Waals surface area contributed by atoms with Gasteiger partial charge in [0.1, 0.15) is 10.7 Å². The first kappa shape index (κ1) is 16.1. The van der Waals surface area contributed by atoms with Crippen LogP contribution < -0.4 is 11.1 Å². The Bertz CT molecular complexity index is 500. The van der Waals surface area contributed by atoms with E-state index in [2.05, 4.69) is 38.0 Å². The third-order valence-electron chi connectivity index (χ3n) is 4.00. The number of aromatic nitrogens is 1. The van der Waals surface area contributed by atoms with Crippen molar-refractivity contribution in [1.82, 2.24) is 9.88 Å². The summed E-state index contributed by atoms with van der Waals surface area (Å²) in [6.07, 6.45) is 3.15. The van der Waals surface area contributed by atoms with Crippen molar-refractivity contribution in [2.45, 2.75) is 59.0 Å². The highest BCUT2D eigenvalue weighted by Crippen LogP contribution is 2.32. The summed E-state index contributed by atoms with van der Waals surface area (Å²) in [4.78, 5) is 19.6. The molecule has 1 fully saturated rings. The molecule has 1 aromatic heterocycles. The number of hydrogen-bond donors (Lipinski definition) is 2. The van der Waals surface area contributed by atoms with Crippen LogP contribution in [0, 0.1) is 5.92 Å². The number of thiazole rings is 1. The molecule has 0 bridgehead atoms. The molecule has 6 heteroatoms. The van der Waals surface area contributed by atoms with E-state index in [0.29, 0.717) is 22.7 Å². The molecule has 1 aromatic rings. The number of carbonyl (C=O) groups is 1. The van der Waals surface area contributed by atoms with Gasteiger partial charge in [-0.1, -0.05) is 32.1 Å². The number of anilines is 2. The molecule has 2 heterocycles. The van der Waals surface area contributed by atoms with Gasteiger partial charge in [-0.25, -0.2) is 4.98 Å². The Morgan fingerprint density at radius 1 is 1.52 bits per heavy atom. The molecule has 5 nitrogen and oxygen atoms in total. The van der Waals surface area contributed by atoms with Gasteiger partial charge in [0.15, 0.2) is 5.13 Å². The van der Waals surface area contributed by atoms with Crippen molar-refractivity contribution in [2.75, 3.05) is 17.6 Å². The van der Waals surface area contributed by atoms with Gasteiger partial charge in [0.05, 0.1) is 0 Å². The number of nitrogens with two attached hydrogens (primary N) is 1. The van der Waals surface area contributed by atoms with Gasteiger partial charge in [0, 0.05) is 18.6 Å². The summed E-state index contributed by atoms with van der Waals surface area (Å²) in [5.74, 6) is 0.919. The molecular formula is C15H26N4OS. The molecule has 2 atom stereocenters. The molecule has 2 rings (SSSR count). The molecule has 1 saturated heterocycles. The summed E-state index contributed by atoms with van der Waals surface area (Å²) in [6.45, 7) is 9.34. The number of likely N-dealkylation sites (tertiary alicyclic amines) is 1. The number of carbonyl (C=O) groups excluding carboxylic acids is 1. The normalized spacial score (nSPS) is 22.0. The van der Waals surface area contributed by atoms with Crippen molar-refractivity contribution in [3.05, 3.63) is 4.88 Å². The number of amides is 1. The highest BCUT2D eigenvalue weighted by molar-refractivity contribution is 7.18. The Balaban J connectivity index is 2.15. The van der Waals surface area contributed by atoms with Crippen molar-refractivity contribution < 1.29 is 4.79 Å². The van der Waals surface area contributed by atoms with Gasteiger partial charge in [-0.2, -0.15) is 0 Å². The molecule has 2 unspecified atom stereocenters. The van der Waals surface area contributed by atoms with Crippen LogP contribution in [0.1, 0.15) is 56.6 Å². The molecule has 0 radical (unpaired) electrons. The predicted octanol–water partition coefficient (Wildman–Crippen LogP) is 3.20. The Labute approximate surface area is 130 Å². The highest BCUT2D eigenvalue weighted by atomic mass is 32.1. The van der Waals surface area contributed by atoms with Crippen LogP contribution in [-0.2, 0) is 0 Å². The molecule has 1 amide bonds. The minimum atomic E-state index is 0.0412. The van der Waals surface area contributed by atoms with E-state index in [-0.39, 0.29) is 11.9 Å². The summed E-state index contributed by atoms with van der Waals surface area (Å²) >= 11 is 1.37. The fourth-order valence-corrected chi connectivity index (χ4v) is 3.64. The van der Waals surface area contributed by atoms with E-state index in [0.717, 1.165) is 30.9 Å². The van der Waals surface area contributed by atoms with E-state index >= 15 is 0 Å². The number of nitrogens with zero attached hydrogens (tertiary/aromatic N) is 2. The van der Waals surface area contributed by atoms with Crippen LogP contribution in [0.4, 0.5) is 10.9 Å². The molecular weight excluding hydrogens is 284 g/mol. The average molecular weight is 310 g/mol. The lowest BCUT2D eigenvalue weighted by Crippen LogP contribution is -2.39. The van der Waals surface area contributed by atoms with Crippen molar-refractivity contribution in [3.63, 3.8) is 0 Å². The van der Waals surface area contributed by atoms with Gasteiger partial charge < -0.3 is 16.0 Å². The van der Waals surface area contributed by atoms with Crippen LogP contribution in [-0.4, -0.2) is 34.4 Å². The Kier molecular flexibility index (Phi) is 5.08. The fraction of sp³-hybridized carbons (Fsp3) is 0.733. The minimum Gasteiger partial charge on any atom is -0.382 e. The van der Waals surface area contributed by atoms with E-state index in [1.807, 2.05) is 4.90 Å². The van der Waals surface area contributed by atoms with Gasteiger partial charge >= 0.3 is 0 Å². The lowest BCUT2D eigenvalue weighted by molar-refractivity contribution is 0.0682. The Morgan fingerprint density at radius 3 is 2.86 bits per heavy atom. The predicted molar refractivity (Wildman–Crippen MR) is 88.8 cm³/mol. The van der Waals surface area contributed by atoms with Crippen molar-refractivity contribution in [3.8, 4) is 0 Å². The van der Waals surface area contributed by atoms with Gasteiger partial charge in [-0.15, -0.1) is 0 Å². The van der Waals surface area contributed by atoms with Crippen LogP contribution in [0.2, 0.25) is 0 Å². The zero-order chi connectivity index (χ0) is 15.6. The lowest BCUT2D eigenvalue weighted by atomic mass is 10.1. The van der Waals surface area contributed by atoms with Crippen LogP contribution in [0.5, 0.6) is 0 Å². The number of hydrogen-bond acceptors (Lipinski definition) is 5. The van der Waals surface area contributed by atoms with E-state index in [4.69, 9.17) is 5.73 Å². The standard InChI is InChI=1S/C15H26N4OS/c1-5-11-7-6-10(4)19(11)14(20)12-13(16)18-15(21-12)17-8-9(2)3/h9-11H,5-8,16H2,1-4H3,(H,17,18). The number of rotatable bonds is 5. The summed E-state index contributed by atoms with van der Waals surface area (Å²) in [5.41, 5.74) is 5.96. The molecule has 0 aromatic carbocycles. The fourth-order valence-electron chi connectivity index (χ4n) is 2.81. The topological polar surface area (TPSA) is 71.2 Å². The largest absolute Gasteiger partial charge is 0.382 e. The van der Waals surface area contributed by atoms with E-state index in [9.17, 15) is 4.79 Å². The van der Waals surface area contributed by atoms with Crippen molar-refractivity contribution >= 4 is 28.2 Å². The van der Waals surface area contributed by atoms with Crippen molar-refractivity contribution in [2.24, 2.45) is 5.92 Å².